The highest BCUT2D eigenvalue weighted by Gasteiger charge is 2.21. The van der Waals surface area contributed by atoms with Gasteiger partial charge in [0.15, 0.2) is 11.2 Å². The molecule has 0 aliphatic carbocycles. The monoisotopic (exact) mass is 371 g/mol. The molecule has 0 aromatic carbocycles. The van der Waals surface area contributed by atoms with E-state index in [2.05, 4.69) is 9.72 Å². The van der Waals surface area contributed by atoms with E-state index < -0.39 is 23.8 Å². The highest BCUT2D eigenvalue weighted by molar-refractivity contribution is 5.76. The fourth-order valence-electron chi connectivity index (χ4n) is 3.14. The van der Waals surface area contributed by atoms with Gasteiger partial charge in [-0.15, -0.1) is 0 Å². The van der Waals surface area contributed by atoms with Crippen LogP contribution in [0.25, 0.3) is 16.9 Å². The summed E-state index contributed by atoms with van der Waals surface area (Å²) in [5, 5.41) is 0. The molecule has 10 nitrogen and oxygen atoms in total. The summed E-state index contributed by atoms with van der Waals surface area (Å²) >= 11 is 0. The van der Waals surface area contributed by atoms with Gasteiger partial charge in [-0.25, -0.2) is 9.36 Å². The molecule has 10 heteroatoms. The first kappa shape index (κ1) is 16.9. The molecule has 0 saturated heterocycles. The number of methoxy groups -OCH3 is 1. The van der Waals surface area contributed by atoms with Gasteiger partial charge in [0.25, 0.3) is 5.56 Å². The van der Waals surface area contributed by atoms with Crippen molar-refractivity contribution in [2.45, 2.75) is 20.0 Å². The van der Waals surface area contributed by atoms with Crippen molar-refractivity contribution in [1.29, 1.82) is 0 Å². The Bertz CT molecular complexity index is 1290. The maximum atomic E-state index is 12.9. The molecule has 0 atom stereocenters. The van der Waals surface area contributed by atoms with Crippen LogP contribution in [-0.2, 0) is 29.7 Å². The molecule has 4 aromatic rings. The van der Waals surface area contributed by atoms with Gasteiger partial charge >= 0.3 is 11.7 Å². The van der Waals surface area contributed by atoms with Crippen LogP contribution in [0.3, 0.4) is 0 Å². The first-order chi connectivity index (χ1) is 12.9. The van der Waals surface area contributed by atoms with Crippen LogP contribution >= 0.6 is 0 Å². The molecule has 4 aromatic heterocycles. The topological polar surface area (TPSA) is 106 Å². The number of hydrogen-bond donors (Lipinski definition) is 0. The van der Waals surface area contributed by atoms with Gasteiger partial charge in [-0.05, 0) is 19.1 Å². The molecule has 0 aliphatic heterocycles. The standard InChI is InChI=1S/C17H17N5O5/c1-10-7-21-13-14(18-16(21)20(10)8-11-5-4-6-27-11)19(2)17(25)22(15(13)24)9-12(23)26-3/h4-7H,8-9H2,1-3H3. The van der Waals surface area contributed by atoms with E-state index in [0.29, 0.717) is 12.3 Å². The molecule has 0 N–H and O–H groups in total. The average molecular weight is 371 g/mol. The number of furan rings is 1. The van der Waals surface area contributed by atoms with Gasteiger partial charge in [-0.3, -0.25) is 18.6 Å². The van der Waals surface area contributed by atoms with Crippen LogP contribution in [0.4, 0.5) is 0 Å². The predicted molar refractivity (Wildman–Crippen MR) is 94.8 cm³/mol. The lowest BCUT2D eigenvalue weighted by Crippen LogP contribution is -2.41. The van der Waals surface area contributed by atoms with Crippen molar-refractivity contribution in [3.8, 4) is 0 Å². The zero-order valence-electron chi connectivity index (χ0n) is 15.0. The van der Waals surface area contributed by atoms with Crippen molar-refractivity contribution in [2.75, 3.05) is 7.11 Å². The molecule has 140 valence electrons. The van der Waals surface area contributed by atoms with Crippen molar-refractivity contribution in [2.24, 2.45) is 7.05 Å². The van der Waals surface area contributed by atoms with Gasteiger partial charge in [0, 0.05) is 18.9 Å². The summed E-state index contributed by atoms with van der Waals surface area (Å²) in [4.78, 5) is 41.5. The molecular formula is C17H17N5O5. The minimum atomic E-state index is -0.680. The third kappa shape index (κ3) is 2.48. The number of carbonyl (C=O) groups is 1. The SMILES string of the molecule is COC(=O)Cn1c(=O)c2c(nc3n(Cc4ccco4)c(C)cn23)n(C)c1=O. The molecule has 0 amide bonds. The molecule has 27 heavy (non-hydrogen) atoms. The van der Waals surface area contributed by atoms with Gasteiger partial charge in [-0.2, -0.15) is 4.98 Å². The van der Waals surface area contributed by atoms with Crippen LogP contribution in [0, 0.1) is 6.92 Å². The Hall–Kier alpha value is -3.56. The van der Waals surface area contributed by atoms with E-state index in [1.165, 1.54) is 18.7 Å². The summed E-state index contributed by atoms with van der Waals surface area (Å²) in [5.41, 5.74) is 0.101. The molecule has 0 unspecified atom stereocenters. The summed E-state index contributed by atoms with van der Waals surface area (Å²) in [7, 11) is 2.71. The predicted octanol–water partition coefficient (Wildman–Crippen LogP) is 0.272. The Morgan fingerprint density at radius 3 is 2.74 bits per heavy atom. The molecule has 0 radical (unpaired) electrons. The van der Waals surface area contributed by atoms with E-state index in [9.17, 15) is 14.4 Å². The van der Waals surface area contributed by atoms with E-state index >= 15 is 0 Å². The largest absolute Gasteiger partial charge is 0.468 e. The second kappa shape index (κ2) is 6.01. The summed E-state index contributed by atoms with van der Waals surface area (Å²) in [6, 6.07) is 3.64. The zero-order chi connectivity index (χ0) is 19.3. The quantitative estimate of drug-likeness (QED) is 0.477. The van der Waals surface area contributed by atoms with Crippen LogP contribution in [0.5, 0.6) is 0 Å². The first-order valence-electron chi connectivity index (χ1n) is 8.19. The second-order valence-corrected chi connectivity index (χ2v) is 6.20. The summed E-state index contributed by atoms with van der Waals surface area (Å²) in [5.74, 6) is 0.558. The molecule has 0 saturated carbocycles. The summed E-state index contributed by atoms with van der Waals surface area (Å²) in [6.07, 6.45) is 3.35. The lowest BCUT2D eigenvalue weighted by molar-refractivity contribution is -0.141. The van der Waals surface area contributed by atoms with Crippen LogP contribution in [0.2, 0.25) is 0 Å². The van der Waals surface area contributed by atoms with Crippen LogP contribution in [-0.4, -0.2) is 36.2 Å². The number of aryl methyl sites for hydroxylation is 2. The van der Waals surface area contributed by atoms with E-state index in [0.717, 1.165) is 16.0 Å². The normalized spacial score (nSPS) is 11.5. The smallest absolute Gasteiger partial charge is 0.333 e. The molecule has 4 rings (SSSR count). The van der Waals surface area contributed by atoms with Gasteiger partial charge < -0.3 is 13.7 Å². The molecule has 0 bridgehead atoms. The number of nitrogens with zero attached hydrogens (tertiary/aromatic N) is 5. The fraction of sp³-hybridized carbons (Fsp3) is 0.294. The Kier molecular flexibility index (Phi) is 3.76. The Labute approximate surface area is 151 Å². The minimum absolute atomic E-state index is 0.220. The van der Waals surface area contributed by atoms with Crippen molar-refractivity contribution in [3.05, 3.63) is 56.9 Å². The maximum absolute atomic E-state index is 12.9. The average Bonchev–Trinajstić information content (AvgIpc) is 3.35. The molecule has 0 aliphatic rings. The Balaban J connectivity index is 2.00. The fourth-order valence-corrected chi connectivity index (χ4v) is 3.14. The zero-order valence-corrected chi connectivity index (χ0v) is 15.0. The summed E-state index contributed by atoms with van der Waals surface area (Å²) in [6.45, 7) is 1.86. The van der Waals surface area contributed by atoms with Crippen molar-refractivity contribution >= 4 is 22.9 Å². The lowest BCUT2D eigenvalue weighted by Gasteiger charge is -2.06. The van der Waals surface area contributed by atoms with Crippen LogP contribution in [0.15, 0.2) is 38.6 Å². The molecule has 0 spiro atoms. The van der Waals surface area contributed by atoms with Crippen LogP contribution in [0.1, 0.15) is 11.5 Å². The van der Waals surface area contributed by atoms with E-state index in [1.807, 2.05) is 17.6 Å². The van der Waals surface area contributed by atoms with Gasteiger partial charge in [0.1, 0.15) is 12.3 Å². The van der Waals surface area contributed by atoms with Crippen molar-refractivity contribution < 1.29 is 13.9 Å². The number of rotatable bonds is 4. The van der Waals surface area contributed by atoms with Gasteiger partial charge in [0.05, 0.1) is 19.9 Å². The second-order valence-electron chi connectivity index (χ2n) is 6.20. The van der Waals surface area contributed by atoms with E-state index in [1.54, 1.807) is 22.9 Å². The number of aromatic nitrogens is 5. The highest BCUT2D eigenvalue weighted by Crippen LogP contribution is 2.18. The number of carbonyl (C=O) groups excluding carboxylic acids is 1. The third-order valence-corrected chi connectivity index (χ3v) is 4.55. The van der Waals surface area contributed by atoms with Gasteiger partial charge in [0.2, 0.25) is 5.78 Å². The van der Waals surface area contributed by atoms with Crippen molar-refractivity contribution in [1.82, 2.24) is 23.1 Å². The minimum Gasteiger partial charge on any atom is -0.468 e. The highest BCUT2D eigenvalue weighted by atomic mass is 16.5. The number of esters is 1. The number of hydrogen-bond acceptors (Lipinski definition) is 6. The molecule has 0 fully saturated rings. The first-order valence-corrected chi connectivity index (χ1v) is 8.19. The number of ether oxygens (including phenoxy) is 1. The molecule has 4 heterocycles. The Morgan fingerprint density at radius 1 is 1.30 bits per heavy atom. The maximum Gasteiger partial charge on any atom is 0.333 e. The molecular weight excluding hydrogens is 354 g/mol. The van der Waals surface area contributed by atoms with Crippen LogP contribution < -0.4 is 11.2 Å². The summed E-state index contributed by atoms with van der Waals surface area (Å²) < 4.78 is 15.6. The van der Waals surface area contributed by atoms with E-state index in [4.69, 9.17) is 4.42 Å². The van der Waals surface area contributed by atoms with Gasteiger partial charge in [-0.1, -0.05) is 0 Å². The number of imidazole rings is 2. The Morgan fingerprint density at radius 2 is 2.07 bits per heavy atom. The number of fused-ring (bicyclic) bond motifs is 3. The third-order valence-electron chi connectivity index (χ3n) is 4.55. The lowest BCUT2D eigenvalue weighted by atomic mass is 10.4. The van der Waals surface area contributed by atoms with Crippen molar-refractivity contribution in [3.63, 3.8) is 0 Å². The van der Waals surface area contributed by atoms with E-state index in [-0.39, 0.29) is 11.2 Å².